The summed E-state index contributed by atoms with van der Waals surface area (Å²) < 4.78 is 16.5. The highest BCUT2D eigenvalue weighted by atomic mass is 32.2. The first-order chi connectivity index (χ1) is 10.8. The largest absolute Gasteiger partial charge is 0.494 e. The second-order valence-electron chi connectivity index (χ2n) is 4.63. The number of thioether (sulfide) groups is 1. The van der Waals surface area contributed by atoms with Gasteiger partial charge in [0.1, 0.15) is 11.5 Å². The van der Waals surface area contributed by atoms with Gasteiger partial charge < -0.3 is 13.6 Å². The average molecular weight is 316 g/mol. The molecule has 0 N–H and O–H groups in total. The smallest absolute Gasteiger partial charge is 0.276 e. The van der Waals surface area contributed by atoms with Gasteiger partial charge in [0.15, 0.2) is 0 Å². The van der Waals surface area contributed by atoms with E-state index in [1.807, 2.05) is 43.3 Å². The minimum absolute atomic E-state index is 0.495. The lowest BCUT2D eigenvalue weighted by Crippen LogP contribution is -1.98. The van der Waals surface area contributed by atoms with E-state index in [0.29, 0.717) is 17.7 Å². The average Bonchev–Trinajstić information content (AvgIpc) is 3.16. The molecule has 0 spiro atoms. The summed E-state index contributed by atoms with van der Waals surface area (Å²) in [5.41, 5.74) is 0.840. The number of ether oxygens (including phenoxy) is 1. The zero-order valence-corrected chi connectivity index (χ0v) is 13.0. The Morgan fingerprint density at radius 1 is 1.14 bits per heavy atom. The van der Waals surface area contributed by atoms with Gasteiger partial charge in [-0.15, -0.1) is 10.2 Å². The van der Waals surface area contributed by atoms with Gasteiger partial charge >= 0.3 is 0 Å². The van der Waals surface area contributed by atoms with Crippen LogP contribution in [-0.2, 0) is 0 Å². The minimum Gasteiger partial charge on any atom is -0.494 e. The molecule has 22 heavy (non-hydrogen) atoms. The molecule has 114 valence electrons. The van der Waals surface area contributed by atoms with Crippen LogP contribution < -0.4 is 4.74 Å². The summed E-state index contributed by atoms with van der Waals surface area (Å²) in [6.45, 7) is 2.53. The molecule has 6 heteroatoms. The molecule has 0 fully saturated rings. The van der Waals surface area contributed by atoms with Crippen LogP contribution in [0.2, 0.25) is 0 Å². The molecule has 5 nitrogen and oxygen atoms in total. The third kappa shape index (κ3) is 3.71. The van der Waals surface area contributed by atoms with Crippen molar-refractivity contribution < 1.29 is 13.6 Å². The van der Waals surface area contributed by atoms with Gasteiger partial charge in [-0.3, -0.25) is 0 Å². The van der Waals surface area contributed by atoms with Crippen molar-refractivity contribution in [3.05, 3.63) is 48.4 Å². The van der Waals surface area contributed by atoms with Crippen LogP contribution in [0.25, 0.3) is 11.5 Å². The molecule has 0 aliphatic carbocycles. The summed E-state index contributed by atoms with van der Waals surface area (Å²) in [6, 6.07) is 11.6. The zero-order valence-electron chi connectivity index (χ0n) is 12.2. The van der Waals surface area contributed by atoms with Gasteiger partial charge in [0, 0.05) is 5.75 Å². The molecule has 3 aromatic rings. The van der Waals surface area contributed by atoms with Gasteiger partial charge in [0.05, 0.1) is 18.4 Å². The van der Waals surface area contributed by atoms with E-state index in [2.05, 4.69) is 10.2 Å². The predicted octanol–water partition coefficient (Wildman–Crippen LogP) is 4.20. The van der Waals surface area contributed by atoms with Gasteiger partial charge in [0.25, 0.3) is 11.1 Å². The number of hydrogen-bond acceptors (Lipinski definition) is 6. The van der Waals surface area contributed by atoms with Crippen LogP contribution in [0.3, 0.4) is 0 Å². The number of para-hydroxylation sites is 1. The van der Waals surface area contributed by atoms with E-state index in [4.69, 9.17) is 13.6 Å². The summed E-state index contributed by atoms with van der Waals surface area (Å²) in [7, 11) is 0. The van der Waals surface area contributed by atoms with Crippen LogP contribution in [0.1, 0.15) is 12.2 Å². The molecule has 1 aromatic carbocycles. The Kier molecular flexibility index (Phi) is 4.80. The molecule has 3 rings (SSSR count). The van der Waals surface area contributed by atoms with Crippen molar-refractivity contribution in [2.75, 3.05) is 12.4 Å². The van der Waals surface area contributed by atoms with E-state index in [1.165, 1.54) is 11.8 Å². The number of aryl methyl sites for hydroxylation is 1. The monoisotopic (exact) mass is 316 g/mol. The SMILES string of the molecule is Cc1occc1-c1nnc(SCCCOc2ccccc2)o1. The second kappa shape index (κ2) is 7.17. The molecular formula is C16H16N2O3S. The lowest BCUT2D eigenvalue weighted by molar-refractivity contribution is 0.318. The molecule has 0 amide bonds. The molecule has 0 radical (unpaired) electrons. The van der Waals surface area contributed by atoms with Crippen molar-refractivity contribution in [1.82, 2.24) is 10.2 Å². The highest BCUT2D eigenvalue weighted by Gasteiger charge is 2.12. The fraction of sp³-hybridized carbons (Fsp3) is 0.250. The summed E-state index contributed by atoms with van der Waals surface area (Å²) in [4.78, 5) is 0. The Labute approximate surface area is 132 Å². The number of nitrogens with zero attached hydrogens (tertiary/aromatic N) is 2. The van der Waals surface area contributed by atoms with Crippen LogP contribution in [0.15, 0.2) is 56.7 Å². The molecule has 0 saturated carbocycles. The van der Waals surface area contributed by atoms with Gasteiger partial charge in [-0.2, -0.15) is 0 Å². The maximum atomic E-state index is 5.63. The van der Waals surface area contributed by atoms with Crippen molar-refractivity contribution in [3.8, 4) is 17.2 Å². The van der Waals surface area contributed by atoms with Crippen LogP contribution in [0.5, 0.6) is 5.75 Å². The summed E-state index contributed by atoms with van der Waals surface area (Å²) in [5, 5.41) is 8.64. The fourth-order valence-corrected chi connectivity index (χ4v) is 2.58. The number of rotatable bonds is 7. The number of hydrogen-bond donors (Lipinski definition) is 0. The van der Waals surface area contributed by atoms with Crippen LogP contribution >= 0.6 is 11.8 Å². The standard InChI is InChI=1S/C16H16N2O3S/c1-12-14(8-10-19-12)15-17-18-16(21-15)22-11-5-9-20-13-6-3-2-4-7-13/h2-4,6-8,10H,5,9,11H2,1H3. The van der Waals surface area contributed by atoms with Gasteiger partial charge in [0.2, 0.25) is 0 Å². The van der Waals surface area contributed by atoms with Crippen molar-refractivity contribution >= 4 is 11.8 Å². The second-order valence-corrected chi connectivity index (χ2v) is 5.67. The third-order valence-corrected chi connectivity index (χ3v) is 3.93. The number of aromatic nitrogens is 2. The summed E-state index contributed by atoms with van der Waals surface area (Å²) >= 11 is 1.53. The third-order valence-electron chi connectivity index (χ3n) is 3.02. The van der Waals surface area contributed by atoms with Crippen LogP contribution in [0, 0.1) is 6.92 Å². The molecule has 0 aliphatic rings. The van der Waals surface area contributed by atoms with E-state index < -0.39 is 0 Å². The maximum absolute atomic E-state index is 5.63. The van der Waals surface area contributed by atoms with Gasteiger partial charge in [-0.25, -0.2) is 0 Å². The Morgan fingerprint density at radius 2 is 2.00 bits per heavy atom. The highest BCUT2D eigenvalue weighted by Crippen LogP contribution is 2.26. The highest BCUT2D eigenvalue weighted by molar-refractivity contribution is 7.99. The first-order valence-electron chi connectivity index (χ1n) is 7.01. The summed E-state index contributed by atoms with van der Waals surface area (Å²) in [5.74, 6) is 3.02. The first kappa shape index (κ1) is 14.7. The van der Waals surface area contributed by atoms with Crippen LogP contribution in [0.4, 0.5) is 0 Å². The van der Waals surface area contributed by atoms with Crippen molar-refractivity contribution in [2.24, 2.45) is 0 Å². The lowest BCUT2D eigenvalue weighted by Gasteiger charge is -2.04. The number of benzene rings is 1. The van der Waals surface area contributed by atoms with Crippen molar-refractivity contribution in [1.29, 1.82) is 0 Å². The Morgan fingerprint density at radius 3 is 2.77 bits per heavy atom. The quantitative estimate of drug-likeness (QED) is 0.481. The minimum atomic E-state index is 0.495. The molecule has 2 aromatic heterocycles. The summed E-state index contributed by atoms with van der Waals surface area (Å²) in [6.07, 6.45) is 2.52. The van der Waals surface area contributed by atoms with Gasteiger partial charge in [-0.05, 0) is 31.5 Å². The number of furan rings is 1. The molecule has 0 bridgehead atoms. The Hall–Kier alpha value is -2.21. The molecule has 0 atom stereocenters. The fourth-order valence-electron chi connectivity index (χ4n) is 1.91. The molecular weight excluding hydrogens is 300 g/mol. The topological polar surface area (TPSA) is 61.3 Å². The molecule has 0 saturated heterocycles. The Bertz CT molecular complexity index is 709. The predicted molar refractivity (Wildman–Crippen MR) is 84.0 cm³/mol. The zero-order chi connectivity index (χ0) is 15.2. The van der Waals surface area contributed by atoms with Crippen LogP contribution in [-0.4, -0.2) is 22.6 Å². The molecule has 2 heterocycles. The van der Waals surface area contributed by atoms with E-state index >= 15 is 0 Å². The maximum Gasteiger partial charge on any atom is 0.276 e. The first-order valence-corrected chi connectivity index (χ1v) is 8.00. The molecule has 0 unspecified atom stereocenters. The van der Waals surface area contributed by atoms with E-state index in [-0.39, 0.29) is 0 Å². The van der Waals surface area contributed by atoms with Crippen molar-refractivity contribution in [3.63, 3.8) is 0 Å². The lowest BCUT2D eigenvalue weighted by atomic mass is 10.3. The molecule has 0 aliphatic heterocycles. The Balaban J connectivity index is 1.43. The van der Waals surface area contributed by atoms with Crippen molar-refractivity contribution in [2.45, 2.75) is 18.6 Å². The van der Waals surface area contributed by atoms with E-state index in [1.54, 1.807) is 6.26 Å². The van der Waals surface area contributed by atoms with E-state index in [9.17, 15) is 0 Å². The van der Waals surface area contributed by atoms with E-state index in [0.717, 1.165) is 29.2 Å². The van der Waals surface area contributed by atoms with Gasteiger partial charge in [-0.1, -0.05) is 30.0 Å². The normalized spacial score (nSPS) is 10.8.